The van der Waals surface area contributed by atoms with Crippen LogP contribution in [0.15, 0.2) is 12.3 Å². The molecule has 0 radical (unpaired) electrons. The lowest BCUT2D eigenvalue weighted by Gasteiger charge is -2.40. The fraction of sp³-hybridized carbons (Fsp3) is 0.769. The van der Waals surface area contributed by atoms with Crippen LogP contribution in [0.3, 0.4) is 0 Å². The summed E-state index contributed by atoms with van der Waals surface area (Å²) in [6.07, 6.45) is 3.81. The first-order valence-corrected chi connectivity index (χ1v) is 6.71. The number of hydrogen-bond donors (Lipinski definition) is 2. The number of hydrogen-bond acceptors (Lipinski definition) is 4. The van der Waals surface area contributed by atoms with E-state index < -0.39 is 6.10 Å². The Kier molecular flexibility index (Phi) is 4.37. The first-order chi connectivity index (χ1) is 8.73. The lowest BCUT2D eigenvalue weighted by molar-refractivity contribution is -0.0613. The smallest absolute Gasteiger partial charge is 0.103 e. The predicted molar refractivity (Wildman–Crippen MR) is 69.0 cm³/mol. The van der Waals surface area contributed by atoms with Gasteiger partial charge >= 0.3 is 0 Å². The van der Waals surface area contributed by atoms with E-state index in [4.69, 9.17) is 10.5 Å². The van der Waals surface area contributed by atoms with Crippen LogP contribution in [0, 0.1) is 5.41 Å². The van der Waals surface area contributed by atoms with Gasteiger partial charge in [-0.15, -0.1) is 0 Å². The van der Waals surface area contributed by atoms with E-state index in [-0.39, 0.29) is 5.41 Å². The average Bonchev–Trinajstić information content (AvgIpc) is 2.87. The Bertz CT molecular complexity index is 372. The molecule has 5 nitrogen and oxygen atoms in total. The Balaban J connectivity index is 2.22. The molecule has 1 aromatic rings. The maximum Gasteiger partial charge on any atom is 0.103 e. The molecule has 5 heteroatoms. The number of nitrogens with zero attached hydrogens (tertiary/aromatic N) is 2. The van der Waals surface area contributed by atoms with Gasteiger partial charge in [-0.25, -0.2) is 0 Å². The quantitative estimate of drug-likeness (QED) is 0.823. The monoisotopic (exact) mass is 253 g/mol. The minimum absolute atomic E-state index is 0.260. The number of ether oxygens (including phenoxy) is 1. The van der Waals surface area contributed by atoms with E-state index in [2.05, 4.69) is 12.0 Å². The van der Waals surface area contributed by atoms with Gasteiger partial charge in [-0.1, -0.05) is 6.92 Å². The van der Waals surface area contributed by atoms with Gasteiger partial charge in [0, 0.05) is 37.9 Å². The molecule has 1 saturated heterocycles. The van der Waals surface area contributed by atoms with Gasteiger partial charge in [0.25, 0.3) is 0 Å². The zero-order chi connectivity index (χ0) is 13.0. The fourth-order valence-electron chi connectivity index (χ4n) is 2.65. The summed E-state index contributed by atoms with van der Waals surface area (Å²) in [6, 6.07) is 1.90. The van der Waals surface area contributed by atoms with Crippen molar-refractivity contribution in [2.45, 2.75) is 38.8 Å². The summed E-state index contributed by atoms with van der Waals surface area (Å²) in [4.78, 5) is 0. The first-order valence-electron chi connectivity index (χ1n) is 6.71. The van der Waals surface area contributed by atoms with Gasteiger partial charge in [0.05, 0.1) is 5.69 Å². The number of aliphatic hydroxyl groups excluding tert-OH is 1. The number of nitrogens with two attached hydrogens (primary N) is 1. The standard InChI is InChI=1S/C13H23N3O2/c1-2-7-16-11(3-6-15-16)12(17)13(10-14)4-8-18-9-5-13/h3,6,12,17H,2,4-5,7-10,14H2,1H3. The third-order valence-corrected chi connectivity index (χ3v) is 3.94. The Morgan fingerprint density at radius 1 is 1.56 bits per heavy atom. The number of aryl methyl sites for hydroxylation is 1. The first kappa shape index (κ1) is 13.5. The van der Waals surface area contributed by atoms with Crippen LogP contribution in [-0.4, -0.2) is 34.6 Å². The van der Waals surface area contributed by atoms with Gasteiger partial charge < -0.3 is 15.6 Å². The third-order valence-electron chi connectivity index (χ3n) is 3.94. The molecule has 2 heterocycles. The van der Waals surface area contributed by atoms with Gasteiger partial charge in [-0.2, -0.15) is 5.10 Å². The molecule has 0 bridgehead atoms. The largest absolute Gasteiger partial charge is 0.386 e. The summed E-state index contributed by atoms with van der Waals surface area (Å²) in [5.74, 6) is 0. The van der Waals surface area contributed by atoms with Crippen LogP contribution in [0.4, 0.5) is 0 Å². The molecule has 2 rings (SSSR count). The zero-order valence-electron chi connectivity index (χ0n) is 11.0. The van der Waals surface area contributed by atoms with Crippen LogP contribution in [0.25, 0.3) is 0 Å². The molecule has 3 N–H and O–H groups in total. The Morgan fingerprint density at radius 2 is 2.28 bits per heavy atom. The van der Waals surface area contributed by atoms with E-state index in [1.807, 2.05) is 10.7 Å². The molecule has 1 aliphatic rings. The molecule has 1 fully saturated rings. The highest BCUT2D eigenvalue weighted by molar-refractivity contribution is 5.10. The summed E-state index contributed by atoms with van der Waals surface area (Å²) in [7, 11) is 0. The van der Waals surface area contributed by atoms with E-state index in [1.165, 1.54) is 0 Å². The van der Waals surface area contributed by atoms with Crippen LogP contribution in [0.2, 0.25) is 0 Å². The van der Waals surface area contributed by atoms with E-state index in [1.54, 1.807) is 6.20 Å². The highest BCUT2D eigenvalue weighted by atomic mass is 16.5. The normalized spacial score (nSPS) is 20.8. The van der Waals surface area contributed by atoms with E-state index >= 15 is 0 Å². The molecule has 1 aromatic heterocycles. The molecular weight excluding hydrogens is 230 g/mol. The van der Waals surface area contributed by atoms with Gasteiger partial charge in [-0.3, -0.25) is 4.68 Å². The van der Waals surface area contributed by atoms with E-state index in [9.17, 15) is 5.11 Å². The van der Waals surface area contributed by atoms with Crippen molar-refractivity contribution in [2.75, 3.05) is 19.8 Å². The van der Waals surface area contributed by atoms with Crippen molar-refractivity contribution in [2.24, 2.45) is 11.1 Å². The second-order valence-corrected chi connectivity index (χ2v) is 5.06. The fourth-order valence-corrected chi connectivity index (χ4v) is 2.65. The number of aromatic nitrogens is 2. The SMILES string of the molecule is CCCn1nccc1C(O)C1(CN)CCOCC1. The molecule has 0 spiro atoms. The van der Waals surface area contributed by atoms with Crippen molar-refractivity contribution in [3.05, 3.63) is 18.0 Å². The van der Waals surface area contributed by atoms with Gasteiger partial charge in [0.15, 0.2) is 0 Å². The molecule has 1 atom stereocenters. The molecule has 18 heavy (non-hydrogen) atoms. The summed E-state index contributed by atoms with van der Waals surface area (Å²) >= 11 is 0. The number of aliphatic hydroxyl groups is 1. The van der Waals surface area contributed by atoms with Crippen LogP contribution < -0.4 is 5.73 Å². The minimum Gasteiger partial charge on any atom is -0.386 e. The molecule has 0 amide bonds. The minimum atomic E-state index is -0.555. The van der Waals surface area contributed by atoms with Crippen LogP contribution in [0.5, 0.6) is 0 Å². The van der Waals surface area contributed by atoms with Crippen LogP contribution in [0.1, 0.15) is 38.0 Å². The van der Waals surface area contributed by atoms with Crippen LogP contribution >= 0.6 is 0 Å². The van der Waals surface area contributed by atoms with E-state index in [0.29, 0.717) is 19.8 Å². The Labute approximate surface area is 108 Å². The second kappa shape index (κ2) is 5.82. The highest BCUT2D eigenvalue weighted by Gasteiger charge is 2.40. The van der Waals surface area contributed by atoms with Crippen molar-refractivity contribution in [1.29, 1.82) is 0 Å². The molecule has 102 valence electrons. The van der Waals surface area contributed by atoms with Crippen LogP contribution in [-0.2, 0) is 11.3 Å². The Morgan fingerprint density at radius 3 is 2.89 bits per heavy atom. The van der Waals surface area contributed by atoms with Gasteiger partial charge in [0.2, 0.25) is 0 Å². The summed E-state index contributed by atoms with van der Waals surface area (Å²) in [5, 5.41) is 15.0. The third kappa shape index (κ3) is 2.43. The average molecular weight is 253 g/mol. The maximum absolute atomic E-state index is 10.7. The lowest BCUT2D eigenvalue weighted by atomic mass is 9.74. The number of rotatable bonds is 5. The second-order valence-electron chi connectivity index (χ2n) is 5.06. The predicted octanol–water partition coefficient (Wildman–Crippen LogP) is 1.08. The van der Waals surface area contributed by atoms with Gasteiger partial charge in [-0.05, 0) is 25.3 Å². The highest BCUT2D eigenvalue weighted by Crippen LogP contribution is 2.41. The molecule has 1 unspecified atom stereocenters. The van der Waals surface area contributed by atoms with Crippen molar-refractivity contribution < 1.29 is 9.84 Å². The molecular formula is C13H23N3O2. The van der Waals surface area contributed by atoms with Crippen molar-refractivity contribution in [3.63, 3.8) is 0 Å². The van der Waals surface area contributed by atoms with Crippen molar-refractivity contribution in [1.82, 2.24) is 9.78 Å². The molecule has 0 aliphatic carbocycles. The van der Waals surface area contributed by atoms with E-state index in [0.717, 1.165) is 31.5 Å². The zero-order valence-corrected chi connectivity index (χ0v) is 11.0. The summed E-state index contributed by atoms with van der Waals surface area (Å²) in [6.45, 7) is 4.77. The molecule has 0 saturated carbocycles. The summed E-state index contributed by atoms with van der Waals surface area (Å²) in [5.41, 5.74) is 6.54. The molecule has 1 aliphatic heterocycles. The topological polar surface area (TPSA) is 73.3 Å². The summed E-state index contributed by atoms with van der Waals surface area (Å²) < 4.78 is 7.27. The van der Waals surface area contributed by atoms with Gasteiger partial charge in [0.1, 0.15) is 6.10 Å². The maximum atomic E-state index is 10.7. The Hall–Kier alpha value is -0.910. The molecule has 0 aromatic carbocycles. The lowest BCUT2D eigenvalue weighted by Crippen LogP contribution is -2.42. The van der Waals surface area contributed by atoms with Crippen molar-refractivity contribution in [3.8, 4) is 0 Å². The van der Waals surface area contributed by atoms with Crippen molar-refractivity contribution >= 4 is 0 Å².